The van der Waals surface area contributed by atoms with Crippen LogP contribution < -0.4 is 4.72 Å². The summed E-state index contributed by atoms with van der Waals surface area (Å²) < 4.78 is 28.4. The van der Waals surface area contributed by atoms with Gasteiger partial charge in [-0.3, -0.25) is 9.52 Å². The van der Waals surface area contributed by atoms with Crippen LogP contribution in [-0.2, 0) is 10.0 Å². The number of benzene rings is 2. The second-order valence-corrected chi connectivity index (χ2v) is 9.08. The Morgan fingerprint density at radius 1 is 1.15 bits per heavy atom. The molecular weight excluding hydrogens is 416 g/mol. The molecule has 1 aliphatic rings. The zero-order chi connectivity index (χ0) is 18.7. The molecule has 1 atom stereocenters. The molecule has 0 aliphatic carbocycles. The minimum Gasteiger partial charge on any atom is -0.336 e. The van der Waals surface area contributed by atoms with E-state index < -0.39 is 10.0 Å². The van der Waals surface area contributed by atoms with Crippen molar-refractivity contribution < 1.29 is 13.2 Å². The Labute approximate surface area is 162 Å². The normalized spacial score (nSPS) is 17.8. The van der Waals surface area contributed by atoms with Gasteiger partial charge >= 0.3 is 0 Å². The maximum absolute atomic E-state index is 12.8. The summed E-state index contributed by atoms with van der Waals surface area (Å²) in [6.07, 6.45) is 3.14. The van der Waals surface area contributed by atoms with Gasteiger partial charge in [-0.1, -0.05) is 22.0 Å². The molecule has 1 saturated heterocycles. The first kappa shape index (κ1) is 18.9. The van der Waals surface area contributed by atoms with Crippen LogP contribution >= 0.6 is 15.9 Å². The van der Waals surface area contributed by atoms with Crippen molar-refractivity contribution >= 4 is 37.5 Å². The number of rotatable bonds is 4. The molecule has 26 heavy (non-hydrogen) atoms. The van der Waals surface area contributed by atoms with Crippen LogP contribution in [0.5, 0.6) is 0 Å². The summed E-state index contributed by atoms with van der Waals surface area (Å²) in [4.78, 5) is 14.8. The SMILES string of the molecule is CC1CCCCN1C(=O)c1cccc(NS(=O)(=O)c2ccc(Br)cc2)c1. The quantitative estimate of drug-likeness (QED) is 0.777. The van der Waals surface area contributed by atoms with Crippen molar-refractivity contribution in [2.75, 3.05) is 11.3 Å². The molecule has 2 aromatic carbocycles. The van der Waals surface area contributed by atoms with E-state index in [4.69, 9.17) is 0 Å². The summed E-state index contributed by atoms with van der Waals surface area (Å²) in [5.74, 6) is -0.0538. The lowest BCUT2D eigenvalue weighted by atomic mass is 10.0. The average molecular weight is 437 g/mol. The smallest absolute Gasteiger partial charge is 0.261 e. The molecule has 3 rings (SSSR count). The van der Waals surface area contributed by atoms with Crippen LogP contribution in [0.1, 0.15) is 36.5 Å². The molecule has 1 amide bonds. The number of piperidine rings is 1. The highest BCUT2D eigenvalue weighted by Crippen LogP contribution is 2.22. The van der Waals surface area contributed by atoms with E-state index in [1.165, 1.54) is 12.1 Å². The van der Waals surface area contributed by atoms with Crippen LogP contribution in [-0.4, -0.2) is 31.8 Å². The molecule has 1 heterocycles. The molecule has 0 spiro atoms. The van der Waals surface area contributed by atoms with E-state index in [9.17, 15) is 13.2 Å². The third-order valence-electron chi connectivity index (χ3n) is 4.55. The molecule has 0 aromatic heterocycles. The molecule has 0 saturated carbocycles. The summed E-state index contributed by atoms with van der Waals surface area (Å²) in [7, 11) is -3.70. The maximum atomic E-state index is 12.8. The fourth-order valence-electron chi connectivity index (χ4n) is 3.11. The molecule has 1 N–H and O–H groups in total. The Balaban J connectivity index is 1.81. The Bertz CT molecular complexity index is 897. The summed E-state index contributed by atoms with van der Waals surface area (Å²) in [6.45, 7) is 2.80. The van der Waals surface area contributed by atoms with Gasteiger partial charge in [0.2, 0.25) is 0 Å². The van der Waals surface area contributed by atoms with Crippen molar-refractivity contribution in [3.63, 3.8) is 0 Å². The lowest BCUT2D eigenvalue weighted by Gasteiger charge is -2.33. The van der Waals surface area contributed by atoms with Gasteiger partial charge in [-0.25, -0.2) is 8.42 Å². The number of hydrogen-bond acceptors (Lipinski definition) is 3. The molecule has 138 valence electrons. The van der Waals surface area contributed by atoms with Gasteiger partial charge in [-0.15, -0.1) is 0 Å². The molecule has 7 heteroatoms. The van der Waals surface area contributed by atoms with Gasteiger partial charge in [0.25, 0.3) is 15.9 Å². The van der Waals surface area contributed by atoms with Gasteiger partial charge in [0, 0.05) is 28.3 Å². The van der Waals surface area contributed by atoms with Gasteiger partial charge in [0.1, 0.15) is 0 Å². The molecule has 0 bridgehead atoms. The largest absolute Gasteiger partial charge is 0.336 e. The van der Waals surface area contributed by atoms with Gasteiger partial charge in [-0.05, 0) is 68.7 Å². The topological polar surface area (TPSA) is 66.5 Å². The number of likely N-dealkylation sites (tertiary alicyclic amines) is 1. The summed E-state index contributed by atoms with van der Waals surface area (Å²) >= 11 is 3.29. The Morgan fingerprint density at radius 2 is 1.88 bits per heavy atom. The van der Waals surface area contributed by atoms with Crippen molar-refractivity contribution in [2.24, 2.45) is 0 Å². The first-order chi connectivity index (χ1) is 12.4. The lowest BCUT2D eigenvalue weighted by molar-refractivity contribution is 0.0635. The van der Waals surface area contributed by atoms with E-state index in [0.717, 1.165) is 30.3 Å². The van der Waals surface area contributed by atoms with Crippen LogP contribution in [0.4, 0.5) is 5.69 Å². The zero-order valence-corrected chi connectivity index (χ0v) is 16.9. The van der Waals surface area contributed by atoms with Crippen molar-refractivity contribution in [1.82, 2.24) is 4.90 Å². The van der Waals surface area contributed by atoms with Gasteiger partial charge < -0.3 is 4.90 Å². The Hall–Kier alpha value is -1.86. The van der Waals surface area contributed by atoms with E-state index in [-0.39, 0.29) is 16.8 Å². The van der Waals surface area contributed by atoms with Crippen molar-refractivity contribution in [3.8, 4) is 0 Å². The lowest BCUT2D eigenvalue weighted by Crippen LogP contribution is -2.42. The monoisotopic (exact) mass is 436 g/mol. The minimum absolute atomic E-state index is 0.0538. The van der Waals surface area contributed by atoms with E-state index in [1.807, 2.05) is 4.90 Å². The standard InChI is InChI=1S/C19H21BrN2O3S/c1-14-5-2-3-12-22(14)19(23)15-6-4-7-17(13-15)21-26(24,25)18-10-8-16(20)9-11-18/h4,6-11,13-14,21H,2-3,5,12H2,1H3. The van der Waals surface area contributed by atoms with Crippen LogP contribution in [0.3, 0.4) is 0 Å². The molecular formula is C19H21BrN2O3S. The molecule has 5 nitrogen and oxygen atoms in total. The maximum Gasteiger partial charge on any atom is 0.261 e. The van der Waals surface area contributed by atoms with Crippen LogP contribution in [0.2, 0.25) is 0 Å². The fraction of sp³-hybridized carbons (Fsp3) is 0.316. The molecule has 1 unspecified atom stereocenters. The second-order valence-electron chi connectivity index (χ2n) is 6.48. The third kappa shape index (κ3) is 4.27. The number of carbonyl (C=O) groups is 1. The molecule has 2 aromatic rings. The first-order valence-electron chi connectivity index (χ1n) is 8.56. The van der Waals surface area contributed by atoms with E-state index in [1.54, 1.807) is 36.4 Å². The third-order valence-corrected chi connectivity index (χ3v) is 6.48. The summed E-state index contributed by atoms with van der Waals surface area (Å²) in [6, 6.07) is 13.3. The van der Waals surface area contributed by atoms with E-state index in [2.05, 4.69) is 27.6 Å². The highest BCUT2D eigenvalue weighted by atomic mass is 79.9. The minimum atomic E-state index is -3.70. The van der Waals surface area contributed by atoms with Gasteiger partial charge in [0.05, 0.1) is 4.90 Å². The van der Waals surface area contributed by atoms with E-state index in [0.29, 0.717) is 11.3 Å². The highest BCUT2D eigenvalue weighted by Gasteiger charge is 2.24. The number of nitrogens with zero attached hydrogens (tertiary/aromatic N) is 1. The molecule has 1 fully saturated rings. The zero-order valence-electron chi connectivity index (χ0n) is 14.5. The number of nitrogens with one attached hydrogen (secondary N) is 1. The predicted molar refractivity (Wildman–Crippen MR) is 106 cm³/mol. The van der Waals surface area contributed by atoms with Crippen molar-refractivity contribution in [1.29, 1.82) is 0 Å². The first-order valence-corrected chi connectivity index (χ1v) is 10.8. The average Bonchev–Trinajstić information content (AvgIpc) is 2.62. The number of sulfonamides is 1. The molecule has 0 radical (unpaired) electrons. The van der Waals surface area contributed by atoms with Crippen LogP contribution in [0.15, 0.2) is 57.9 Å². The van der Waals surface area contributed by atoms with Crippen LogP contribution in [0, 0.1) is 0 Å². The number of carbonyl (C=O) groups excluding carboxylic acids is 1. The second kappa shape index (κ2) is 7.80. The van der Waals surface area contributed by atoms with Gasteiger partial charge in [0.15, 0.2) is 0 Å². The van der Waals surface area contributed by atoms with E-state index >= 15 is 0 Å². The summed E-state index contributed by atoms with van der Waals surface area (Å²) in [5, 5.41) is 0. The predicted octanol–water partition coefficient (Wildman–Crippen LogP) is 4.26. The van der Waals surface area contributed by atoms with Gasteiger partial charge in [-0.2, -0.15) is 0 Å². The molecule has 1 aliphatic heterocycles. The number of amides is 1. The fourth-order valence-corrected chi connectivity index (χ4v) is 4.42. The Morgan fingerprint density at radius 3 is 2.58 bits per heavy atom. The Kier molecular flexibility index (Phi) is 5.67. The number of hydrogen-bond donors (Lipinski definition) is 1. The van der Waals surface area contributed by atoms with Crippen molar-refractivity contribution in [3.05, 3.63) is 58.6 Å². The number of anilines is 1. The number of halogens is 1. The van der Waals surface area contributed by atoms with Crippen molar-refractivity contribution in [2.45, 2.75) is 37.1 Å². The van der Waals surface area contributed by atoms with Crippen LogP contribution in [0.25, 0.3) is 0 Å². The highest BCUT2D eigenvalue weighted by molar-refractivity contribution is 9.10. The summed E-state index contributed by atoms with van der Waals surface area (Å²) in [5.41, 5.74) is 0.873.